The first-order chi connectivity index (χ1) is 10.5. The maximum atomic E-state index is 12.2. The molecule has 0 saturated carbocycles. The van der Waals surface area contributed by atoms with E-state index in [4.69, 9.17) is 0 Å². The first kappa shape index (κ1) is 14.1. The Hall–Kier alpha value is -2.90. The van der Waals surface area contributed by atoms with Crippen molar-refractivity contribution in [1.29, 1.82) is 0 Å². The summed E-state index contributed by atoms with van der Waals surface area (Å²) in [4.78, 5) is 7.90. The van der Waals surface area contributed by atoms with Crippen LogP contribution in [0.5, 0.6) is 5.75 Å². The van der Waals surface area contributed by atoms with Crippen LogP contribution in [0, 0.1) is 0 Å². The van der Waals surface area contributed by atoms with Crippen LogP contribution in [0.4, 0.5) is 13.2 Å². The first-order valence-electron chi connectivity index (χ1n) is 6.18. The molecule has 22 heavy (non-hydrogen) atoms. The normalized spacial score (nSPS) is 11.4. The maximum Gasteiger partial charge on any atom is 0.573 e. The number of benzene rings is 1. The summed E-state index contributed by atoms with van der Waals surface area (Å²) < 4.78 is 42.1. The molecule has 1 aromatic carbocycles. The molecule has 0 unspecified atom stereocenters. The highest BCUT2D eigenvalue weighted by atomic mass is 19.4. The van der Waals surface area contributed by atoms with Crippen molar-refractivity contribution in [2.45, 2.75) is 6.36 Å². The number of rotatable bonds is 3. The van der Waals surface area contributed by atoms with Crippen molar-refractivity contribution in [3.63, 3.8) is 0 Å². The van der Waals surface area contributed by atoms with Gasteiger partial charge in [0.1, 0.15) is 12.1 Å². The number of alkyl halides is 3. The van der Waals surface area contributed by atoms with Crippen molar-refractivity contribution in [2.24, 2.45) is 0 Å². The molecule has 0 radical (unpaired) electrons. The SMILES string of the molecule is FC(F)(F)Oc1cccc(-n2cc(-c3ccncn3)cn2)c1. The lowest BCUT2D eigenvalue weighted by Crippen LogP contribution is -2.17. The molecule has 0 bridgehead atoms. The van der Waals surface area contributed by atoms with Crippen LogP contribution in [0.3, 0.4) is 0 Å². The summed E-state index contributed by atoms with van der Waals surface area (Å²) in [5, 5.41) is 4.12. The van der Waals surface area contributed by atoms with Gasteiger partial charge < -0.3 is 4.74 Å². The fourth-order valence-corrected chi connectivity index (χ4v) is 1.88. The number of nitrogens with zero attached hydrogens (tertiary/aromatic N) is 4. The smallest absolute Gasteiger partial charge is 0.406 e. The summed E-state index contributed by atoms with van der Waals surface area (Å²) >= 11 is 0. The second-order valence-corrected chi connectivity index (χ2v) is 4.31. The van der Waals surface area contributed by atoms with Crippen LogP contribution in [-0.4, -0.2) is 26.1 Å². The number of aromatic nitrogens is 4. The molecule has 3 aromatic rings. The third-order valence-electron chi connectivity index (χ3n) is 2.78. The van der Waals surface area contributed by atoms with Gasteiger partial charge in [-0.05, 0) is 18.2 Å². The molecule has 0 fully saturated rings. The van der Waals surface area contributed by atoms with Gasteiger partial charge in [-0.2, -0.15) is 5.10 Å². The lowest BCUT2D eigenvalue weighted by molar-refractivity contribution is -0.274. The van der Waals surface area contributed by atoms with E-state index >= 15 is 0 Å². The van der Waals surface area contributed by atoms with E-state index in [-0.39, 0.29) is 5.75 Å². The Morgan fingerprint density at radius 2 is 2.00 bits per heavy atom. The third-order valence-corrected chi connectivity index (χ3v) is 2.78. The summed E-state index contributed by atoms with van der Waals surface area (Å²) in [5.74, 6) is -0.302. The Labute approximate surface area is 123 Å². The van der Waals surface area contributed by atoms with E-state index in [1.54, 1.807) is 30.7 Å². The van der Waals surface area contributed by atoms with Crippen molar-refractivity contribution in [3.05, 3.63) is 55.2 Å². The van der Waals surface area contributed by atoms with E-state index in [9.17, 15) is 13.2 Å². The predicted octanol–water partition coefficient (Wildman–Crippen LogP) is 3.23. The standard InChI is InChI=1S/C14H9F3N4O/c15-14(16,17)22-12-3-1-2-11(6-12)21-8-10(7-20-21)13-4-5-18-9-19-13/h1-9H. The molecular formula is C14H9F3N4O. The maximum absolute atomic E-state index is 12.2. The molecular weight excluding hydrogens is 297 g/mol. The van der Waals surface area contributed by atoms with Gasteiger partial charge in [0.25, 0.3) is 0 Å². The van der Waals surface area contributed by atoms with E-state index in [0.29, 0.717) is 11.4 Å². The second kappa shape index (κ2) is 5.47. The van der Waals surface area contributed by atoms with E-state index in [1.165, 1.54) is 29.2 Å². The second-order valence-electron chi connectivity index (χ2n) is 4.31. The molecule has 0 amide bonds. The zero-order valence-corrected chi connectivity index (χ0v) is 11.0. The molecule has 0 atom stereocenters. The molecule has 0 N–H and O–H groups in total. The predicted molar refractivity (Wildman–Crippen MR) is 71.3 cm³/mol. The highest BCUT2D eigenvalue weighted by molar-refractivity contribution is 5.57. The van der Waals surface area contributed by atoms with Gasteiger partial charge in [0.2, 0.25) is 0 Å². The molecule has 112 valence electrons. The van der Waals surface area contributed by atoms with Gasteiger partial charge in [-0.25, -0.2) is 14.6 Å². The number of ether oxygens (including phenoxy) is 1. The van der Waals surface area contributed by atoms with E-state index in [0.717, 1.165) is 5.56 Å². The third kappa shape index (κ3) is 3.22. The fraction of sp³-hybridized carbons (Fsp3) is 0.0714. The molecule has 3 rings (SSSR count). The summed E-state index contributed by atoms with van der Waals surface area (Å²) in [6.07, 6.45) is 1.51. The molecule has 2 heterocycles. The highest BCUT2D eigenvalue weighted by Crippen LogP contribution is 2.25. The van der Waals surface area contributed by atoms with Crippen LogP contribution in [-0.2, 0) is 0 Å². The number of halogens is 3. The summed E-state index contributed by atoms with van der Waals surface area (Å²) in [6, 6.07) is 7.28. The van der Waals surface area contributed by atoms with Gasteiger partial charge in [-0.15, -0.1) is 13.2 Å². The zero-order valence-electron chi connectivity index (χ0n) is 11.0. The Bertz CT molecular complexity index is 771. The number of hydrogen-bond donors (Lipinski definition) is 0. The van der Waals surface area contributed by atoms with Crippen LogP contribution in [0.25, 0.3) is 16.9 Å². The molecule has 5 nitrogen and oxygen atoms in total. The van der Waals surface area contributed by atoms with E-state index in [1.807, 2.05) is 0 Å². The molecule has 0 saturated heterocycles. The quantitative estimate of drug-likeness (QED) is 0.745. The lowest BCUT2D eigenvalue weighted by Gasteiger charge is -2.09. The van der Waals surface area contributed by atoms with Gasteiger partial charge in [0, 0.05) is 24.0 Å². The Kier molecular flexibility index (Phi) is 3.50. The summed E-state index contributed by atoms with van der Waals surface area (Å²) in [5.41, 5.74) is 1.84. The van der Waals surface area contributed by atoms with Gasteiger partial charge in [-0.3, -0.25) is 0 Å². The van der Waals surface area contributed by atoms with Crippen LogP contribution in [0.15, 0.2) is 55.2 Å². The summed E-state index contributed by atoms with van der Waals surface area (Å²) in [6.45, 7) is 0. The minimum atomic E-state index is -4.73. The minimum absolute atomic E-state index is 0.302. The van der Waals surface area contributed by atoms with Crippen molar-refractivity contribution >= 4 is 0 Å². The first-order valence-corrected chi connectivity index (χ1v) is 6.18. The van der Waals surface area contributed by atoms with Crippen molar-refractivity contribution in [2.75, 3.05) is 0 Å². The molecule has 2 aromatic heterocycles. The van der Waals surface area contributed by atoms with Gasteiger partial charge >= 0.3 is 6.36 Å². The Morgan fingerprint density at radius 1 is 1.14 bits per heavy atom. The van der Waals surface area contributed by atoms with Gasteiger partial charge in [0.15, 0.2) is 0 Å². The molecule has 0 spiro atoms. The molecule has 0 aliphatic heterocycles. The van der Waals surface area contributed by atoms with Gasteiger partial charge in [-0.1, -0.05) is 6.07 Å². The fourth-order valence-electron chi connectivity index (χ4n) is 1.88. The monoisotopic (exact) mass is 306 g/mol. The van der Waals surface area contributed by atoms with Crippen LogP contribution < -0.4 is 4.74 Å². The van der Waals surface area contributed by atoms with Crippen molar-refractivity contribution < 1.29 is 17.9 Å². The molecule has 8 heteroatoms. The van der Waals surface area contributed by atoms with Crippen LogP contribution in [0.1, 0.15) is 0 Å². The Balaban J connectivity index is 1.89. The molecule has 0 aliphatic rings. The average molecular weight is 306 g/mol. The van der Waals surface area contributed by atoms with Crippen LogP contribution >= 0.6 is 0 Å². The Morgan fingerprint density at radius 3 is 2.73 bits per heavy atom. The van der Waals surface area contributed by atoms with Crippen LogP contribution in [0.2, 0.25) is 0 Å². The minimum Gasteiger partial charge on any atom is -0.406 e. The number of hydrogen-bond acceptors (Lipinski definition) is 4. The largest absolute Gasteiger partial charge is 0.573 e. The topological polar surface area (TPSA) is 52.8 Å². The van der Waals surface area contributed by atoms with Crippen molar-refractivity contribution in [3.8, 4) is 22.7 Å². The van der Waals surface area contributed by atoms with E-state index < -0.39 is 6.36 Å². The lowest BCUT2D eigenvalue weighted by atomic mass is 10.2. The van der Waals surface area contributed by atoms with E-state index in [2.05, 4.69) is 19.8 Å². The summed E-state index contributed by atoms with van der Waals surface area (Å²) in [7, 11) is 0. The average Bonchev–Trinajstić information content (AvgIpc) is 2.96. The molecule has 0 aliphatic carbocycles. The van der Waals surface area contributed by atoms with Crippen molar-refractivity contribution in [1.82, 2.24) is 19.7 Å². The highest BCUT2D eigenvalue weighted by Gasteiger charge is 2.31. The van der Waals surface area contributed by atoms with Gasteiger partial charge in [0.05, 0.1) is 17.6 Å². The zero-order chi connectivity index (χ0) is 15.6.